The standard InChI is InChI=1S/C12H11N3S/c1-15-10(6-14-12(15)13)9-7-16-11-5-3-2-4-8(9)11/h2-7H,1H3,(H2,13,14). The first kappa shape index (κ1) is 9.42. The third-order valence-electron chi connectivity index (χ3n) is 2.78. The maximum atomic E-state index is 5.75. The largest absolute Gasteiger partial charge is 0.369 e. The monoisotopic (exact) mass is 229 g/mol. The Morgan fingerprint density at radius 3 is 2.88 bits per heavy atom. The van der Waals surface area contributed by atoms with Crippen molar-refractivity contribution in [3.05, 3.63) is 35.8 Å². The molecular weight excluding hydrogens is 218 g/mol. The van der Waals surface area contributed by atoms with E-state index in [0.29, 0.717) is 5.95 Å². The van der Waals surface area contributed by atoms with E-state index in [-0.39, 0.29) is 0 Å². The lowest BCUT2D eigenvalue weighted by molar-refractivity contribution is 0.939. The van der Waals surface area contributed by atoms with Crippen molar-refractivity contribution < 1.29 is 0 Å². The van der Waals surface area contributed by atoms with E-state index in [2.05, 4.69) is 34.6 Å². The molecule has 0 fully saturated rings. The Morgan fingerprint density at radius 2 is 2.12 bits per heavy atom. The number of fused-ring (bicyclic) bond motifs is 1. The molecule has 0 saturated heterocycles. The van der Waals surface area contributed by atoms with Crippen LogP contribution in [-0.4, -0.2) is 9.55 Å². The van der Waals surface area contributed by atoms with Gasteiger partial charge in [0.15, 0.2) is 5.95 Å². The number of imidazole rings is 1. The molecule has 0 aliphatic carbocycles. The normalized spacial score (nSPS) is 11.1. The molecule has 3 rings (SSSR count). The summed E-state index contributed by atoms with van der Waals surface area (Å²) in [6.07, 6.45) is 1.82. The van der Waals surface area contributed by atoms with Gasteiger partial charge in [-0.1, -0.05) is 18.2 Å². The van der Waals surface area contributed by atoms with E-state index in [1.807, 2.05) is 17.8 Å². The number of hydrogen-bond acceptors (Lipinski definition) is 3. The van der Waals surface area contributed by atoms with Crippen molar-refractivity contribution >= 4 is 27.4 Å². The highest BCUT2D eigenvalue weighted by Crippen LogP contribution is 2.33. The summed E-state index contributed by atoms with van der Waals surface area (Å²) in [7, 11) is 1.93. The van der Waals surface area contributed by atoms with Gasteiger partial charge >= 0.3 is 0 Å². The van der Waals surface area contributed by atoms with Crippen molar-refractivity contribution in [2.45, 2.75) is 0 Å². The van der Waals surface area contributed by atoms with E-state index < -0.39 is 0 Å². The second kappa shape index (κ2) is 3.35. The van der Waals surface area contributed by atoms with E-state index in [1.54, 1.807) is 11.3 Å². The third-order valence-corrected chi connectivity index (χ3v) is 3.74. The van der Waals surface area contributed by atoms with Gasteiger partial charge in [-0.05, 0) is 6.07 Å². The lowest BCUT2D eigenvalue weighted by Gasteiger charge is -2.01. The quantitative estimate of drug-likeness (QED) is 0.697. The Morgan fingerprint density at radius 1 is 1.31 bits per heavy atom. The molecule has 2 aromatic heterocycles. The zero-order chi connectivity index (χ0) is 11.1. The minimum absolute atomic E-state index is 0.547. The predicted octanol–water partition coefficient (Wildman–Crippen LogP) is 2.88. The van der Waals surface area contributed by atoms with Crippen LogP contribution in [0.25, 0.3) is 21.3 Å². The van der Waals surface area contributed by atoms with Crippen LogP contribution < -0.4 is 5.73 Å². The first-order chi connectivity index (χ1) is 7.77. The topological polar surface area (TPSA) is 43.8 Å². The van der Waals surface area contributed by atoms with Crippen molar-refractivity contribution in [1.82, 2.24) is 9.55 Å². The van der Waals surface area contributed by atoms with Crippen LogP contribution in [0.4, 0.5) is 5.95 Å². The fraction of sp³-hybridized carbons (Fsp3) is 0.0833. The second-order valence-corrected chi connectivity index (χ2v) is 4.62. The maximum Gasteiger partial charge on any atom is 0.200 e. The Bertz CT molecular complexity index is 651. The summed E-state index contributed by atoms with van der Waals surface area (Å²) in [6.45, 7) is 0. The van der Waals surface area contributed by atoms with Crippen LogP contribution in [0, 0.1) is 0 Å². The van der Waals surface area contributed by atoms with Gasteiger partial charge in [-0.3, -0.25) is 0 Å². The fourth-order valence-corrected chi connectivity index (χ4v) is 2.80. The molecule has 0 amide bonds. The Labute approximate surface area is 97.2 Å². The average molecular weight is 229 g/mol. The fourth-order valence-electron chi connectivity index (χ4n) is 1.85. The van der Waals surface area contributed by atoms with Crippen LogP contribution in [0.5, 0.6) is 0 Å². The van der Waals surface area contributed by atoms with Crippen LogP contribution >= 0.6 is 11.3 Å². The van der Waals surface area contributed by atoms with Crippen molar-refractivity contribution in [2.75, 3.05) is 5.73 Å². The molecule has 0 unspecified atom stereocenters. The van der Waals surface area contributed by atoms with Crippen LogP contribution in [0.3, 0.4) is 0 Å². The van der Waals surface area contributed by atoms with Crippen LogP contribution in [0.1, 0.15) is 0 Å². The molecule has 2 heterocycles. The van der Waals surface area contributed by atoms with E-state index in [4.69, 9.17) is 5.73 Å². The minimum atomic E-state index is 0.547. The second-order valence-electron chi connectivity index (χ2n) is 3.71. The first-order valence-corrected chi connectivity index (χ1v) is 5.89. The summed E-state index contributed by atoms with van der Waals surface area (Å²) in [5, 5.41) is 3.41. The predicted molar refractivity (Wildman–Crippen MR) is 68.4 cm³/mol. The molecule has 0 bridgehead atoms. The number of nitrogens with two attached hydrogens (primary N) is 1. The van der Waals surface area contributed by atoms with E-state index in [1.165, 1.54) is 15.6 Å². The van der Waals surface area contributed by atoms with Crippen LogP contribution in [0.15, 0.2) is 35.8 Å². The molecule has 2 N–H and O–H groups in total. The van der Waals surface area contributed by atoms with Crippen molar-refractivity contribution in [3.8, 4) is 11.3 Å². The first-order valence-electron chi connectivity index (χ1n) is 5.01. The Balaban J connectivity index is 2.30. The molecule has 0 atom stereocenters. The summed E-state index contributed by atoms with van der Waals surface area (Å²) in [5.74, 6) is 0.547. The maximum absolute atomic E-state index is 5.75. The Kier molecular flexibility index (Phi) is 1.97. The van der Waals surface area contributed by atoms with Crippen molar-refractivity contribution in [1.29, 1.82) is 0 Å². The van der Waals surface area contributed by atoms with E-state index in [0.717, 1.165) is 5.69 Å². The lowest BCUT2D eigenvalue weighted by atomic mass is 10.1. The summed E-state index contributed by atoms with van der Waals surface area (Å²) in [4.78, 5) is 4.12. The Hall–Kier alpha value is -1.81. The number of benzene rings is 1. The van der Waals surface area contributed by atoms with Crippen LogP contribution in [0.2, 0.25) is 0 Å². The SMILES string of the molecule is Cn1c(-c2csc3ccccc23)cnc1N. The number of thiophene rings is 1. The molecule has 3 nitrogen and oxygen atoms in total. The van der Waals surface area contributed by atoms with Gasteiger partial charge in [0.1, 0.15) is 0 Å². The number of aromatic nitrogens is 2. The number of hydrogen-bond donors (Lipinski definition) is 1. The zero-order valence-electron chi connectivity index (χ0n) is 8.84. The smallest absolute Gasteiger partial charge is 0.200 e. The molecule has 0 aliphatic heterocycles. The number of rotatable bonds is 1. The molecule has 0 saturated carbocycles. The number of nitrogen functional groups attached to an aromatic ring is 1. The summed E-state index contributed by atoms with van der Waals surface area (Å²) < 4.78 is 3.20. The van der Waals surface area contributed by atoms with Gasteiger partial charge in [0.25, 0.3) is 0 Å². The summed E-state index contributed by atoms with van der Waals surface area (Å²) in [5.41, 5.74) is 8.01. The van der Waals surface area contributed by atoms with Gasteiger partial charge < -0.3 is 10.3 Å². The van der Waals surface area contributed by atoms with Crippen molar-refractivity contribution in [2.24, 2.45) is 7.05 Å². The highest BCUT2D eigenvalue weighted by Gasteiger charge is 2.10. The average Bonchev–Trinajstić information content (AvgIpc) is 2.85. The highest BCUT2D eigenvalue weighted by molar-refractivity contribution is 7.17. The summed E-state index contributed by atoms with van der Waals surface area (Å²) in [6, 6.07) is 8.37. The number of anilines is 1. The highest BCUT2D eigenvalue weighted by atomic mass is 32.1. The number of nitrogens with zero attached hydrogens (tertiary/aromatic N) is 2. The zero-order valence-corrected chi connectivity index (χ0v) is 9.66. The van der Waals surface area contributed by atoms with E-state index in [9.17, 15) is 0 Å². The molecule has 3 aromatic rings. The van der Waals surface area contributed by atoms with Gasteiger partial charge in [0.2, 0.25) is 0 Å². The molecule has 1 aromatic carbocycles. The van der Waals surface area contributed by atoms with Crippen LogP contribution in [-0.2, 0) is 7.05 Å². The van der Waals surface area contributed by atoms with E-state index >= 15 is 0 Å². The molecule has 0 aliphatic rings. The molecule has 16 heavy (non-hydrogen) atoms. The van der Waals surface area contributed by atoms with Gasteiger partial charge in [-0.2, -0.15) is 0 Å². The molecule has 80 valence electrons. The molecule has 0 spiro atoms. The summed E-state index contributed by atoms with van der Waals surface area (Å²) >= 11 is 1.74. The van der Waals surface area contributed by atoms with Gasteiger partial charge in [0.05, 0.1) is 11.9 Å². The molecular formula is C12H11N3S. The van der Waals surface area contributed by atoms with Gasteiger partial charge in [-0.15, -0.1) is 11.3 Å². The molecule has 4 heteroatoms. The van der Waals surface area contributed by atoms with Crippen molar-refractivity contribution in [3.63, 3.8) is 0 Å². The minimum Gasteiger partial charge on any atom is -0.369 e. The molecule has 0 radical (unpaired) electrons. The van der Waals surface area contributed by atoms with Gasteiger partial charge in [0, 0.05) is 28.1 Å². The van der Waals surface area contributed by atoms with Gasteiger partial charge in [-0.25, -0.2) is 4.98 Å². The third kappa shape index (κ3) is 1.23. The lowest BCUT2D eigenvalue weighted by Crippen LogP contribution is -1.98.